The number of nitrogens with one attached hydrogen (secondary N) is 1. The van der Waals surface area contributed by atoms with Crippen LogP contribution < -0.4 is 10.2 Å². The molecule has 156 valence electrons. The van der Waals surface area contributed by atoms with Crippen molar-refractivity contribution >= 4 is 38.6 Å². The molecule has 8 nitrogen and oxygen atoms in total. The highest BCUT2D eigenvalue weighted by Crippen LogP contribution is 2.40. The lowest BCUT2D eigenvalue weighted by Gasteiger charge is -2.42. The molecule has 0 atom stereocenters. The molecule has 30 heavy (non-hydrogen) atoms. The largest absolute Gasteiger partial charge is 0.372 e. The molecule has 2 aliphatic rings. The van der Waals surface area contributed by atoms with Gasteiger partial charge < -0.3 is 19.9 Å². The van der Waals surface area contributed by atoms with Gasteiger partial charge in [0.1, 0.15) is 11.3 Å². The van der Waals surface area contributed by atoms with E-state index in [0.717, 1.165) is 29.9 Å². The number of rotatable bonds is 5. The van der Waals surface area contributed by atoms with Crippen molar-refractivity contribution < 1.29 is 9.13 Å². The van der Waals surface area contributed by atoms with Gasteiger partial charge in [0.05, 0.1) is 35.3 Å². The second-order valence-corrected chi connectivity index (χ2v) is 8.56. The summed E-state index contributed by atoms with van der Waals surface area (Å²) in [4.78, 5) is 13.6. The van der Waals surface area contributed by atoms with Crippen LogP contribution >= 0.6 is 15.9 Å². The van der Waals surface area contributed by atoms with E-state index >= 15 is 4.39 Å². The molecule has 2 aliphatic heterocycles. The molecule has 4 heterocycles. The predicted molar refractivity (Wildman–Crippen MR) is 115 cm³/mol. The second-order valence-electron chi connectivity index (χ2n) is 7.76. The van der Waals surface area contributed by atoms with Crippen LogP contribution in [-0.2, 0) is 24.5 Å². The Morgan fingerprint density at radius 2 is 2.07 bits per heavy atom. The molecule has 0 unspecified atom stereocenters. The van der Waals surface area contributed by atoms with Gasteiger partial charge in [0.25, 0.3) is 0 Å². The summed E-state index contributed by atoms with van der Waals surface area (Å²) in [5.41, 5.74) is 2.80. The third-order valence-electron chi connectivity index (χ3n) is 5.66. The summed E-state index contributed by atoms with van der Waals surface area (Å²) >= 11 is 3.40. The van der Waals surface area contributed by atoms with E-state index in [0.29, 0.717) is 52.9 Å². The van der Waals surface area contributed by atoms with E-state index in [1.165, 1.54) is 0 Å². The van der Waals surface area contributed by atoms with Crippen molar-refractivity contribution in [3.05, 3.63) is 45.4 Å². The standard InChI is InChI=1S/C20H21BrFN7O/c1-28(2)12-7-29(8-12)20-25-18-15(13-9-30-10-14(13)16(21)17(18)22)19(26-20)23-6-11-4-3-5-24-27-11/h3-5,12H,6-10H2,1-2H3,(H,23,25,26). The Morgan fingerprint density at radius 1 is 1.27 bits per heavy atom. The van der Waals surface area contributed by atoms with E-state index in [1.54, 1.807) is 6.20 Å². The molecule has 3 aromatic rings. The maximum atomic E-state index is 15.3. The van der Waals surface area contributed by atoms with Gasteiger partial charge in [-0.1, -0.05) is 0 Å². The molecular weight excluding hydrogens is 453 g/mol. The van der Waals surface area contributed by atoms with E-state index in [1.807, 2.05) is 12.1 Å². The molecule has 0 aliphatic carbocycles. The first-order valence-electron chi connectivity index (χ1n) is 9.73. The van der Waals surface area contributed by atoms with Crippen LogP contribution in [0, 0.1) is 5.82 Å². The molecule has 1 fully saturated rings. The molecule has 10 heteroatoms. The van der Waals surface area contributed by atoms with Crippen molar-refractivity contribution in [1.29, 1.82) is 0 Å². The first kappa shape index (κ1) is 19.5. The summed E-state index contributed by atoms with van der Waals surface area (Å²) in [6.45, 7) is 2.80. The summed E-state index contributed by atoms with van der Waals surface area (Å²) in [6.07, 6.45) is 1.63. The highest BCUT2D eigenvalue weighted by Gasteiger charge is 2.32. The second kappa shape index (κ2) is 7.68. The van der Waals surface area contributed by atoms with Crippen LogP contribution in [0.15, 0.2) is 22.8 Å². The monoisotopic (exact) mass is 473 g/mol. The van der Waals surface area contributed by atoms with Gasteiger partial charge in [0.15, 0.2) is 5.82 Å². The van der Waals surface area contributed by atoms with Crippen LogP contribution in [0.1, 0.15) is 16.8 Å². The van der Waals surface area contributed by atoms with E-state index in [2.05, 4.69) is 60.3 Å². The van der Waals surface area contributed by atoms with Crippen LogP contribution in [0.3, 0.4) is 0 Å². The Kier molecular flexibility index (Phi) is 5.00. The number of fused-ring (bicyclic) bond motifs is 3. The average Bonchev–Trinajstić information content (AvgIpc) is 3.19. The van der Waals surface area contributed by atoms with Crippen molar-refractivity contribution in [2.75, 3.05) is 37.4 Å². The van der Waals surface area contributed by atoms with Gasteiger partial charge in [-0.3, -0.25) is 0 Å². The number of ether oxygens (including phenoxy) is 1. The molecule has 2 aromatic heterocycles. The van der Waals surface area contributed by atoms with Gasteiger partial charge in [-0.05, 0) is 47.7 Å². The topological polar surface area (TPSA) is 79.3 Å². The summed E-state index contributed by atoms with van der Waals surface area (Å²) < 4.78 is 21.3. The van der Waals surface area contributed by atoms with E-state index in [9.17, 15) is 0 Å². The molecule has 0 bridgehead atoms. The zero-order valence-corrected chi connectivity index (χ0v) is 18.3. The Balaban J connectivity index is 1.59. The number of nitrogens with zero attached hydrogens (tertiary/aromatic N) is 6. The van der Waals surface area contributed by atoms with Gasteiger partial charge in [0.2, 0.25) is 5.95 Å². The van der Waals surface area contributed by atoms with Crippen LogP contribution in [0.25, 0.3) is 10.9 Å². The minimum absolute atomic E-state index is 0.297. The molecule has 0 spiro atoms. The molecule has 1 N–H and O–H groups in total. The lowest BCUT2D eigenvalue weighted by molar-refractivity contribution is 0.134. The average molecular weight is 474 g/mol. The molecular formula is C20H21BrFN7O. The Hall–Kier alpha value is -2.43. The van der Waals surface area contributed by atoms with Crippen molar-refractivity contribution in [2.45, 2.75) is 25.8 Å². The maximum absolute atomic E-state index is 15.3. The van der Waals surface area contributed by atoms with E-state index < -0.39 is 0 Å². The molecule has 0 radical (unpaired) electrons. The number of likely N-dealkylation sites (N-methyl/N-ethyl adjacent to an activating group) is 1. The van der Waals surface area contributed by atoms with Crippen LogP contribution in [0.4, 0.5) is 16.2 Å². The van der Waals surface area contributed by atoms with E-state index in [-0.39, 0.29) is 5.82 Å². The normalized spacial score (nSPS) is 16.2. The Labute approximate surface area is 181 Å². The van der Waals surface area contributed by atoms with Gasteiger partial charge in [-0.25, -0.2) is 9.37 Å². The number of benzene rings is 1. The molecule has 1 aromatic carbocycles. The van der Waals surface area contributed by atoms with Crippen molar-refractivity contribution in [1.82, 2.24) is 25.1 Å². The molecule has 5 rings (SSSR count). The molecule has 0 saturated carbocycles. The number of anilines is 2. The fourth-order valence-electron chi connectivity index (χ4n) is 3.79. The number of aromatic nitrogens is 4. The third kappa shape index (κ3) is 3.28. The van der Waals surface area contributed by atoms with Crippen molar-refractivity contribution in [2.24, 2.45) is 0 Å². The highest BCUT2D eigenvalue weighted by atomic mass is 79.9. The highest BCUT2D eigenvalue weighted by molar-refractivity contribution is 9.10. The number of hydrogen-bond acceptors (Lipinski definition) is 8. The smallest absolute Gasteiger partial charge is 0.228 e. The summed E-state index contributed by atoms with van der Waals surface area (Å²) in [5.74, 6) is 0.721. The predicted octanol–water partition coefficient (Wildman–Crippen LogP) is 2.71. The van der Waals surface area contributed by atoms with Gasteiger partial charge in [0, 0.05) is 30.9 Å². The SMILES string of the molecule is CN(C)C1CN(c2nc(NCc3cccnn3)c3c4c(c(Br)c(F)c3n2)COC4)C1. The van der Waals surface area contributed by atoms with Crippen molar-refractivity contribution in [3.63, 3.8) is 0 Å². The summed E-state index contributed by atoms with van der Waals surface area (Å²) in [6, 6.07) is 4.15. The maximum Gasteiger partial charge on any atom is 0.228 e. The zero-order chi connectivity index (χ0) is 20.8. The lowest BCUT2D eigenvalue weighted by Crippen LogP contribution is -2.58. The molecule has 1 saturated heterocycles. The quantitative estimate of drug-likeness (QED) is 0.605. The minimum Gasteiger partial charge on any atom is -0.372 e. The van der Waals surface area contributed by atoms with Gasteiger partial charge >= 0.3 is 0 Å². The van der Waals surface area contributed by atoms with Gasteiger partial charge in [-0.15, -0.1) is 0 Å². The van der Waals surface area contributed by atoms with Crippen molar-refractivity contribution in [3.8, 4) is 0 Å². The Bertz CT molecular complexity index is 1110. The summed E-state index contributed by atoms with van der Waals surface area (Å²) in [7, 11) is 4.11. The number of halogens is 2. The van der Waals surface area contributed by atoms with Gasteiger partial charge in [-0.2, -0.15) is 15.2 Å². The fraction of sp³-hybridized carbons (Fsp3) is 0.400. The van der Waals surface area contributed by atoms with Crippen LogP contribution in [0.5, 0.6) is 0 Å². The zero-order valence-electron chi connectivity index (χ0n) is 16.7. The number of hydrogen-bond donors (Lipinski definition) is 1. The van der Waals surface area contributed by atoms with E-state index in [4.69, 9.17) is 9.72 Å². The molecule has 0 amide bonds. The Morgan fingerprint density at radius 3 is 2.80 bits per heavy atom. The van der Waals surface area contributed by atoms with Crippen LogP contribution in [-0.4, -0.2) is 58.3 Å². The first-order valence-corrected chi connectivity index (χ1v) is 10.5. The van der Waals surface area contributed by atoms with Crippen LogP contribution in [0.2, 0.25) is 0 Å². The summed E-state index contributed by atoms with van der Waals surface area (Å²) in [5, 5.41) is 12.0. The lowest BCUT2D eigenvalue weighted by atomic mass is 10.0. The first-order chi connectivity index (χ1) is 14.5. The minimum atomic E-state index is -0.384. The third-order valence-corrected chi connectivity index (χ3v) is 6.49. The fourth-order valence-corrected chi connectivity index (χ4v) is 4.34.